The summed E-state index contributed by atoms with van der Waals surface area (Å²) in [6.07, 6.45) is 7.86. The zero-order valence-corrected chi connectivity index (χ0v) is 26.0. The number of hydrogen-bond acceptors (Lipinski definition) is 4. The van der Waals surface area contributed by atoms with Crippen molar-refractivity contribution >= 4 is 5.97 Å². The zero-order valence-electron chi connectivity index (χ0n) is 26.0. The third kappa shape index (κ3) is 9.38. The van der Waals surface area contributed by atoms with Crippen LogP contribution in [0.3, 0.4) is 0 Å². The summed E-state index contributed by atoms with van der Waals surface area (Å²) in [4.78, 5) is 11.4. The molecular weight excluding hydrogens is 484 g/mol. The van der Waals surface area contributed by atoms with E-state index in [9.17, 15) is 9.90 Å². The molecule has 0 saturated carbocycles. The van der Waals surface area contributed by atoms with Crippen LogP contribution in [0.25, 0.3) is 0 Å². The topological polar surface area (TPSA) is 55.8 Å². The van der Waals surface area contributed by atoms with Crippen LogP contribution in [-0.2, 0) is 21.4 Å². The molecule has 39 heavy (non-hydrogen) atoms. The van der Waals surface area contributed by atoms with Crippen LogP contribution in [0.4, 0.5) is 0 Å². The number of carbonyl (C=O) groups excluding carboxylic acids is 1. The molecule has 0 amide bonds. The molecule has 218 valence electrons. The highest BCUT2D eigenvalue weighted by Gasteiger charge is 2.31. The predicted molar refractivity (Wildman–Crippen MR) is 163 cm³/mol. The summed E-state index contributed by atoms with van der Waals surface area (Å²) in [5.41, 5.74) is 6.36. The van der Waals surface area contributed by atoms with E-state index in [4.69, 9.17) is 9.47 Å². The lowest BCUT2D eigenvalue weighted by Gasteiger charge is -2.34. The number of aryl methyl sites for hydroxylation is 3. The van der Waals surface area contributed by atoms with Gasteiger partial charge in [-0.2, -0.15) is 0 Å². The molecule has 0 aliphatic rings. The number of rotatable bonds is 16. The molecule has 1 unspecified atom stereocenters. The molecule has 2 aromatic carbocycles. The van der Waals surface area contributed by atoms with Crippen molar-refractivity contribution in [3.63, 3.8) is 0 Å². The van der Waals surface area contributed by atoms with E-state index in [-0.39, 0.29) is 22.9 Å². The number of esters is 1. The Labute approximate surface area is 238 Å². The quantitative estimate of drug-likeness (QED) is 0.172. The van der Waals surface area contributed by atoms with Gasteiger partial charge in [-0.3, -0.25) is 4.79 Å². The summed E-state index contributed by atoms with van der Waals surface area (Å²) in [6.45, 7) is 18.2. The lowest BCUT2D eigenvalue weighted by Crippen LogP contribution is -2.27. The molecule has 0 fully saturated rings. The minimum absolute atomic E-state index is 0.0452. The Bertz CT molecular complexity index is 1030. The van der Waals surface area contributed by atoms with Gasteiger partial charge in [-0.15, -0.1) is 0 Å². The molecule has 1 atom stereocenters. The Morgan fingerprint density at radius 1 is 0.872 bits per heavy atom. The minimum atomic E-state index is -0.304. The molecule has 0 bridgehead atoms. The molecule has 0 spiro atoms. The second-order valence-electron chi connectivity index (χ2n) is 12.1. The fourth-order valence-electron chi connectivity index (χ4n) is 5.48. The van der Waals surface area contributed by atoms with E-state index < -0.39 is 0 Å². The van der Waals surface area contributed by atoms with Crippen molar-refractivity contribution in [3.8, 4) is 5.75 Å². The highest BCUT2D eigenvalue weighted by molar-refractivity contribution is 5.69. The Morgan fingerprint density at radius 2 is 1.49 bits per heavy atom. The molecule has 0 aliphatic carbocycles. The van der Waals surface area contributed by atoms with Crippen molar-refractivity contribution in [3.05, 3.63) is 64.2 Å². The van der Waals surface area contributed by atoms with Gasteiger partial charge in [0.25, 0.3) is 0 Å². The SMILES string of the molecule is CCOC(=O)CCCCCCOc1ccc(C(CC)(CC)c2ccc(CCC(O)C(C)(C)C)c(C)c2)cc1C. The first kappa shape index (κ1) is 32.9. The number of aliphatic hydroxyl groups excluding tert-OH is 1. The average Bonchev–Trinajstić information content (AvgIpc) is 2.89. The molecule has 0 radical (unpaired) electrons. The smallest absolute Gasteiger partial charge is 0.305 e. The molecule has 0 saturated heterocycles. The van der Waals surface area contributed by atoms with E-state index in [2.05, 4.69) is 84.9 Å². The molecule has 2 aromatic rings. The van der Waals surface area contributed by atoms with Crippen LogP contribution in [0.15, 0.2) is 36.4 Å². The van der Waals surface area contributed by atoms with E-state index in [0.717, 1.165) is 57.1 Å². The summed E-state index contributed by atoms with van der Waals surface area (Å²) >= 11 is 0. The van der Waals surface area contributed by atoms with Gasteiger partial charge in [-0.1, -0.05) is 77.8 Å². The largest absolute Gasteiger partial charge is 0.493 e. The van der Waals surface area contributed by atoms with Gasteiger partial charge in [0, 0.05) is 11.8 Å². The van der Waals surface area contributed by atoms with Gasteiger partial charge in [-0.25, -0.2) is 0 Å². The van der Waals surface area contributed by atoms with Gasteiger partial charge >= 0.3 is 5.97 Å². The first-order valence-electron chi connectivity index (χ1n) is 15.2. The van der Waals surface area contributed by atoms with Crippen molar-refractivity contribution in [2.24, 2.45) is 5.41 Å². The molecule has 4 nitrogen and oxygen atoms in total. The Balaban J connectivity index is 2.05. The lowest BCUT2D eigenvalue weighted by molar-refractivity contribution is -0.143. The molecule has 0 aliphatic heterocycles. The Morgan fingerprint density at radius 3 is 2.05 bits per heavy atom. The van der Waals surface area contributed by atoms with Crippen molar-refractivity contribution in [1.29, 1.82) is 0 Å². The summed E-state index contributed by atoms with van der Waals surface area (Å²) in [6, 6.07) is 13.6. The highest BCUT2D eigenvalue weighted by Crippen LogP contribution is 2.41. The maximum Gasteiger partial charge on any atom is 0.305 e. The maximum absolute atomic E-state index is 11.4. The van der Waals surface area contributed by atoms with Gasteiger partial charge in [-0.05, 0) is 98.6 Å². The monoisotopic (exact) mass is 538 g/mol. The molecule has 4 heteroatoms. The zero-order chi connectivity index (χ0) is 29.1. The normalized spacial score (nSPS) is 12.8. The van der Waals surface area contributed by atoms with Crippen LogP contribution in [0.2, 0.25) is 0 Å². The third-order valence-corrected chi connectivity index (χ3v) is 8.35. The minimum Gasteiger partial charge on any atom is -0.493 e. The first-order valence-corrected chi connectivity index (χ1v) is 15.2. The standard InChI is InChI=1S/C35H54O4/c1-9-35(10-2,29-19-17-28(26(4)24-29)18-22-32(36)34(6,7)8)30-20-21-31(27(5)25-30)39-23-15-13-12-14-16-33(37)38-11-3/h17,19-21,24-25,32,36H,9-16,18,22-23H2,1-8H3. The average molecular weight is 539 g/mol. The molecule has 1 N–H and O–H groups in total. The Kier molecular flexibility index (Phi) is 13.0. The molecule has 2 rings (SSSR count). The summed E-state index contributed by atoms with van der Waals surface area (Å²) < 4.78 is 11.1. The fourth-order valence-corrected chi connectivity index (χ4v) is 5.48. The number of benzene rings is 2. The second kappa shape index (κ2) is 15.5. The molecule has 0 heterocycles. The van der Waals surface area contributed by atoms with Crippen LogP contribution in [0.5, 0.6) is 5.75 Å². The third-order valence-electron chi connectivity index (χ3n) is 8.35. The van der Waals surface area contributed by atoms with Gasteiger partial charge < -0.3 is 14.6 Å². The lowest BCUT2D eigenvalue weighted by atomic mass is 9.69. The molecular formula is C35H54O4. The van der Waals surface area contributed by atoms with E-state index in [1.807, 2.05) is 6.92 Å². The number of unbranched alkanes of at least 4 members (excludes halogenated alkanes) is 3. The number of hydrogen-bond donors (Lipinski definition) is 1. The van der Waals surface area contributed by atoms with E-state index in [1.54, 1.807) is 0 Å². The number of ether oxygens (including phenoxy) is 2. The fraction of sp³-hybridized carbons (Fsp3) is 0.629. The van der Waals surface area contributed by atoms with Gasteiger partial charge in [0.1, 0.15) is 5.75 Å². The van der Waals surface area contributed by atoms with Crippen LogP contribution in [0, 0.1) is 19.3 Å². The predicted octanol–water partition coefficient (Wildman–Crippen LogP) is 8.64. The molecule has 0 aromatic heterocycles. The Hall–Kier alpha value is -2.33. The highest BCUT2D eigenvalue weighted by atomic mass is 16.5. The van der Waals surface area contributed by atoms with Crippen LogP contribution >= 0.6 is 0 Å². The van der Waals surface area contributed by atoms with Crippen LogP contribution in [0.1, 0.15) is 121 Å². The summed E-state index contributed by atoms with van der Waals surface area (Å²) in [5, 5.41) is 10.5. The van der Waals surface area contributed by atoms with Crippen molar-refractivity contribution in [2.75, 3.05) is 13.2 Å². The van der Waals surface area contributed by atoms with Crippen LogP contribution in [-0.4, -0.2) is 30.4 Å². The van der Waals surface area contributed by atoms with E-state index >= 15 is 0 Å². The van der Waals surface area contributed by atoms with Gasteiger partial charge in [0.2, 0.25) is 0 Å². The van der Waals surface area contributed by atoms with Crippen molar-refractivity contribution in [2.45, 2.75) is 125 Å². The second-order valence-corrected chi connectivity index (χ2v) is 12.1. The maximum atomic E-state index is 11.4. The number of carbonyl (C=O) groups is 1. The van der Waals surface area contributed by atoms with Gasteiger partial charge in [0.05, 0.1) is 19.3 Å². The summed E-state index contributed by atoms with van der Waals surface area (Å²) in [5.74, 6) is 0.858. The number of aliphatic hydroxyl groups is 1. The first-order chi connectivity index (χ1) is 18.5. The van der Waals surface area contributed by atoms with E-state index in [1.165, 1.54) is 27.8 Å². The van der Waals surface area contributed by atoms with Crippen molar-refractivity contribution < 1.29 is 19.4 Å². The van der Waals surface area contributed by atoms with Crippen LogP contribution < -0.4 is 4.74 Å². The van der Waals surface area contributed by atoms with Crippen molar-refractivity contribution in [1.82, 2.24) is 0 Å². The summed E-state index contributed by atoms with van der Waals surface area (Å²) in [7, 11) is 0. The van der Waals surface area contributed by atoms with Gasteiger partial charge in [0.15, 0.2) is 0 Å². The van der Waals surface area contributed by atoms with E-state index in [0.29, 0.717) is 19.6 Å².